The fraction of sp³-hybridized carbons (Fsp3) is 0.400. The minimum Gasteiger partial charge on any atom is -0.379 e. The summed E-state index contributed by atoms with van der Waals surface area (Å²) in [6.07, 6.45) is -6.53. The van der Waals surface area contributed by atoms with Crippen molar-refractivity contribution in [3.63, 3.8) is 0 Å². The van der Waals surface area contributed by atoms with Crippen molar-refractivity contribution in [2.24, 2.45) is 5.73 Å². The summed E-state index contributed by atoms with van der Waals surface area (Å²) in [6, 6.07) is 6.12. The van der Waals surface area contributed by atoms with Gasteiger partial charge in [-0.05, 0) is 12.1 Å². The zero-order chi connectivity index (χ0) is 12.2. The number of alkyl halides is 3. The summed E-state index contributed by atoms with van der Waals surface area (Å²) in [5.74, 6) is 0. The van der Waals surface area contributed by atoms with Gasteiger partial charge in [0, 0.05) is 12.1 Å². The minimum atomic E-state index is -4.45. The van der Waals surface area contributed by atoms with Gasteiger partial charge in [-0.15, -0.1) is 0 Å². The molecule has 0 aliphatic heterocycles. The van der Waals surface area contributed by atoms with Gasteiger partial charge in [0.05, 0.1) is 0 Å². The molecule has 0 spiro atoms. The lowest BCUT2D eigenvalue weighted by Crippen LogP contribution is -2.41. The summed E-state index contributed by atoms with van der Waals surface area (Å²) >= 11 is 0. The molecule has 0 bridgehead atoms. The third-order valence-electron chi connectivity index (χ3n) is 1.99. The van der Waals surface area contributed by atoms with E-state index in [0.717, 1.165) is 0 Å². The summed E-state index contributed by atoms with van der Waals surface area (Å²) < 4.78 is 37.6. The molecule has 16 heavy (non-hydrogen) atoms. The van der Waals surface area contributed by atoms with Crippen molar-refractivity contribution in [3.8, 4) is 0 Å². The molecular formula is C10H13F3N2O. The average molecular weight is 234 g/mol. The van der Waals surface area contributed by atoms with Gasteiger partial charge in [-0.1, -0.05) is 18.2 Å². The molecule has 4 N–H and O–H groups in total. The van der Waals surface area contributed by atoms with E-state index in [4.69, 9.17) is 10.8 Å². The molecular weight excluding hydrogens is 221 g/mol. The van der Waals surface area contributed by atoms with Crippen LogP contribution in [0.2, 0.25) is 0 Å². The summed E-state index contributed by atoms with van der Waals surface area (Å²) in [6.45, 7) is 0. The van der Waals surface area contributed by atoms with Crippen LogP contribution in [0.25, 0.3) is 0 Å². The molecule has 1 aromatic carbocycles. The maximum Gasteiger partial charge on any atom is 0.408 e. The largest absolute Gasteiger partial charge is 0.408 e. The van der Waals surface area contributed by atoms with Gasteiger partial charge in [-0.3, -0.25) is 0 Å². The molecule has 0 radical (unpaired) electrons. The number of rotatable bonds is 4. The molecule has 0 aliphatic carbocycles. The third-order valence-corrected chi connectivity index (χ3v) is 1.99. The molecule has 0 fully saturated rings. The Balaban J connectivity index is 2.72. The highest BCUT2D eigenvalue weighted by Crippen LogP contribution is 2.26. The van der Waals surface area contributed by atoms with Gasteiger partial charge in [-0.2, -0.15) is 13.2 Å². The summed E-state index contributed by atoms with van der Waals surface area (Å²) in [5.41, 5.74) is 5.30. The van der Waals surface area contributed by atoms with Crippen molar-refractivity contribution in [2.45, 2.75) is 24.9 Å². The molecule has 90 valence electrons. The number of aliphatic hydroxyl groups excluding tert-OH is 1. The second-order valence-electron chi connectivity index (χ2n) is 3.41. The molecule has 2 atom stereocenters. The zero-order valence-corrected chi connectivity index (χ0v) is 8.41. The van der Waals surface area contributed by atoms with Gasteiger partial charge in [-0.25, -0.2) is 0 Å². The van der Waals surface area contributed by atoms with E-state index in [1.165, 1.54) is 12.1 Å². The summed E-state index contributed by atoms with van der Waals surface area (Å²) in [4.78, 5) is 0. The van der Waals surface area contributed by atoms with Crippen LogP contribution in [0, 0.1) is 0 Å². The molecule has 0 aliphatic rings. The monoisotopic (exact) mass is 234 g/mol. The highest BCUT2D eigenvalue weighted by molar-refractivity contribution is 5.43. The van der Waals surface area contributed by atoms with Crippen LogP contribution >= 0.6 is 0 Å². The number of benzene rings is 1. The van der Waals surface area contributed by atoms with Gasteiger partial charge >= 0.3 is 6.18 Å². The molecule has 0 saturated heterocycles. The van der Waals surface area contributed by atoms with E-state index in [1.54, 1.807) is 18.2 Å². The zero-order valence-electron chi connectivity index (χ0n) is 8.41. The van der Waals surface area contributed by atoms with Gasteiger partial charge in [0.15, 0.2) is 0 Å². The van der Waals surface area contributed by atoms with E-state index in [0.29, 0.717) is 5.69 Å². The number of aliphatic hydroxyl groups is 1. The maximum absolute atomic E-state index is 12.5. The number of nitrogens with one attached hydrogen (secondary N) is 1. The first kappa shape index (κ1) is 12.8. The Labute approximate surface area is 91.1 Å². The number of nitrogens with two attached hydrogens (primary N) is 1. The maximum atomic E-state index is 12.5. The Hall–Kier alpha value is -1.27. The van der Waals surface area contributed by atoms with E-state index in [1.807, 2.05) is 0 Å². The van der Waals surface area contributed by atoms with Crippen LogP contribution in [0.15, 0.2) is 30.3 Å². The van der Waals surface area contributed by atoms with Crippen LogP contribution in [0.4, 0.5) is 18.9 Å². The number of hydrogen-bond donors (Lipinski definition) is 3. The second-order valence-corrected chi connectivity index (χ2v) is 3.41. The third kappa shape index (κ3) is 4.08. The fourth-order valence-corrected chi connectivity index (χ4v) is 1.25. The molecule has 0 saturated carbocycles. The molecule has 3 nitrogen and oxygen atoms in total. The van der Waals surface area contributed by atoms with Gasteiger partial charge in [0.25, 0.3) is 0 Å². The van der Waals surface area contributed by atoms with Crippen molar-refractivity contribution >= 4 is 5.69 Å². The molecule has 0 amide bonds. The van der Waals surface area contributed by atoms with Gasteiger partial charge in [0.1, 0.15) is 12.3 Å². The Morgan fingerprint density at radius 1 is 1.25 bits per heavy atom. The SMILES string of the molecule is NC(O)CC(Nc1ccccc1)C(F)(F)F. The first-order valence-corrected chi connectivity index (χ1v) is 4.71. The molecule has 6 heteroatoms. The molecule has 0 heterocycles. The Kier molecular flexibility index (Phi) is 4.14. The number of halogens is 3. The van der Waals surface area contributed by atoms with Crippen molar-refractivity contribution in [1.29, 1.82) is 0 Å². The van der Waals surface area contributed by atoms with E-state index in [2.05, 4.69) is 5.32 Å². The van der Waals surface area contributed by atoms with Crippen molar-refractivity contribution in [1.82, 2.24) is 0 Å². The van der Waals surface area contributed by atoms with E-state index >= 15 is 0 Å². The van der Waals surface area contributed by atoms with E-state index in [-0.39, 0.29) is 0 Å². The fourth-order valence-electron chi connectivity index (χ4n) is 1.25. The van der Waals surface area contributed by atoms with E-state index in [9.17, 15) is 13.2 Å². The van der Waals surface area contributed by atoms with Crippen molar-refractivity contribution in [3.05, 3.63) is 30.3 Å². The minimum absolute atomic E-state index is 0.338. The summed E-state index contributed by atoms with van der Waals surface area (Å²) in [5, 5.41) is 11.1. The lowest BCUT2D eigenvalue weighted by molar-refractivity contribution is -0.148. The standard InChI is InChI=1S/C10H13F3N2O/c11-10(12,13)8(6-9(14)16)15-7-4-2-1-3-5-7/h1-5,8-9,15-16H,6,14H2. The van der Waals surface area contributed by atoms with Crippen LogP contribution in [-0.4, -0.2) is 23.6 Å². The first-order valence-electron chi connectivity index (χ1n) is 4.71. The predicted molar refractivity (Wildman–Crippen MR) is 54.7 cm³/mol. The second kappa shape index (κ2) is 5.18. The van der Waals surface area contributed by atoms with Crippen LogP contribution in [0.3, 0.4) is 0 Å². The number of anilines is 1. The lowest BCUT2D eigenvalue weighted by atomic mass is 10.1. The molecule has 1 aromatic rings. The normalized spacial score (nSPS) is 15.6. The molecule has 1 rings (SSSR count). The first-order chi connectivity index (χ1) is 7.39. The van der Waals surface area contributed by atoms with Crippen molar-refractivity contribution < 1.29 is 18.3 Å². The summed E-state index contributed by atoms with van der Waals surface area (Å²) in [7, 11) is 0. The van der Waals surface area contributed by atoms with Crippen LogP contribution in [0.1, 0.15) is 6.42 Å². The average Bonchev–Trinajstić information content (AvgIpc) is 2.16. The Bertz CT molecular complexity index is 314. The highest BCUT2D eigenvalue weighted by atomic mass is 19.4. The number of hydrogen-bond acceptors (Lipinski definition) is 3. The van der Waals surface area contributed by atoms with E-state index < -0.39 is 24.9 Å². The van der Waals surface area contributed by atoms with Gasteiger partial charge < -0.3 is 16.2 Å². The van der Waals surface area contributed by atoms with Gasteiger partial charge in [0.2, 0.25) is 0 Å². The van der Waals surface area contributed by atoms with Crippen LogP contribution < -0.4 is 11.1 Å². The highest BCUT2D eigenvalue weighted by Gasteiger charge is 2.40. The Morgan fingerprint density at radius 3 is 2.25 bits per heavy atom. The smallest absolute Gasteiger partial charge is 0.379 e. The van der Waals surface area contributed by atoms with Crippen LogP contribution in [0.5, 0.6) is 0 Å². The quantitative estimate of drug-likeness (QED) is 0.695. The number of para-hydroxylation sites is 1. The molecule has 0 aromatic heterocycles. The predicted octanol–water partition coefficient (Wildman–Crippen LogP) is 1.70. The molecule has 2 unspecified atom stereocenters. The van der Waals surface area contributed by atoms with Crippen LogP contribution in [-0.2, 0) is 0 Å². The lowest BCUT2D eigenvalue weighted by Gasteiger charge is -2.23. The van der Waals surface area contributed by atoms with Crippen molar-refractivity contribution in [2.75, 3.05) is 5.32 Å². The Morgan fingerprint density at radius 2 is 1.81 bits per heavy atom. The topological polar surface area (TPSA) is 58.3 Å².